The molecule has 2 aliphatic rings. The molecule has 1 aliphatic heterocycles. The smallest absolute Gasteiger partial charge is 0.118 e. The molecule has 1 atom stereocenters. The molecule has 1 saturated heterocycles. The second-order valence-corrected chi connectivity index (χ2v) is 6.12. The third-order valence-electron chi connectivity index (χ3n) is 4.53. The summed E-state index contributed by atoms with van der Waals surface area (Å²) in [6, 6.07) is 10.1. The molecule has 0 spiro atoms. The Morgan fingerprint density at radius 1 is 1.20 bits per heavy atom. The van der Waals surface area contributed by atoms with E-state index in [0.29, 0.717) is 0 Å². The van der Waals surface area contributed by atoms with Crippen molar-refractivity contribution in [2.24, 2.45) is 0 Å². The largest absolute Gasteiger partial charge is 0.497 e. The first-order chi connectivity index (χ1) is 9.85. The Labute approximate surface area is 122 Å². The van der Waals surface area contributed by atoms with E-state index in [4.69, 9.17) is 4.74 Å². The molecule has 1 aliphatic carbocycles. The Hall–Kier alpha value is -1.06. The van der Waals surface area contributed by atoms with Crippen LogP contribution in [0.15, 0.2) is 24.3 Å². The first kappa shape index (κ1) is 13.9. The number of ether oxygens (including phenoxy) is 1. The first-order valence-electron chi connectivity index (χ1n) is 7.95. The lowest BCUT2D eigenvalue weighted by Gasteiger charge is -2.25. The Morgan fingerprint density at radius 3 is 2.60 bits per heavy atom. The van der Waals surface area contributed by atoms with Crippen molar-refractivity contribution in [3.63, 3.8) is 0 Å². The number of nitrogens with zero attached hydrogens (tertiary/aromatic N) is 1. The topological polar surface area (TPSA) is 24.5 Å². The van der Waals surface area contributed by atoms with Gasteiger partial charge in [0, 0.05) is 25.2 Å². The standard InChI is InChI=1S/C17H26N2O/c1-20-17-8-4-14(5-9-17)10-12-19(16-6-7-16)13-15-3-2-11-18-15/h4-5,8-9,15-16,18H,2-3,6-7,10-13H2,1H3. The minimum Gasteiger partial charge on any atom is -0.497 e. The second kappa shape index (κ2) is 6.59. The van der Waals surface area contributed by atoms with Crippen LogP contribution in [-0.2, 0) is 6.42 Å². The van der Waals surface area contributed by atoms with Gasteiger partial charge in [0.15, 0.2) is 0 Å². The van der Waals surface area contributed by atoms with E-state index in [2.05, 4.69) is 34.5 Å². The quantitative estimate of drug-likeness (QED) is 0.826. The van der Waals surface area contributed by atoms with E-state index < -0.39 is 0 Å². The summed E-state index contributed by atoms with van der Waals surface area (Å²) >= 11 is 0. The number of rotatable bonds is 7. The van der Waals surface area contributed by atoms with Crippen LogP contribution in [-0.4, -0.2) is 43.7 Å². The van der Waals surface area contributed by atoms with Gasteiger partial charge < -0.3 is 10.1 Å². The number of benzene rings is 1. The zero-order valence-electron chi connectivity index (χ0n) is 12.5. The highest BCUT2D eigenvalue weighted by Crippen LogP contribution is 2.28. The average molecular weight is 274 g/mol. The Kier molecular flexibility index (Phi) is 4.58. The molecule has 1 unspecified atom stereocenters. The lowest BCUT2D eigenvalue weighted by Crippen LogP contribution is -2.39. The lowest BCUT2D eigenvalue weighted by molar-refractivity contribution is 0.242. The summed E-state index contributed by atoms with van der Waals surface area (Å²) in [4.78, 5) is 2.70. The molecule has 3 nitrogen and oxygen atoms in total. The predicted octanol–water partition coefficient (Wildman–Crippen LogP) is 2.45. The average Bonchev–Trinajstić information content (AvgIpc) is 3.21. The van der Waals surface area contributed by atoms with Crippen LogP contribution >= 0.6 is 0 Å². The Morgan fingerprint density at radius 2 is 2.00 bits per heavy atom. The molecule has 0 amide bonds. The molecule has 110 valence electrons. The van der Waals surface area contributed by atoms with Crippen molar-refractivity contribution >= 4 is 0 Å². The summed E-state index contributed by atoms with van der Waals surface area (Å²) in [6.07, 6.45) is 6.64. The van der Waals surface area contributed by atoms with E-state index in [1.54, 1.807) is 7.11 Å². The maximum Gasteiger partial charge on any atom is 0.118 e. The first-order valence-corrected chi connectivity index (χ1v) is 7.95. The van der Waals surface area contributed by atoms with E-state index in [0.717, 1.165) is 24.3 Å². The van der Waals surface area contributed by atoms with Gasteiger partial charge in [0.1, 0.15) is 5.75 Å². The SMILES string of the molecule is COc1ccc(CCN(CC2CCCN2)C2CC2)cc1. The minimum absolute atomic E-state index is 0.728. The maximum absolute atomic E-state index is 5.21. The number of hydrogen-bond donors (Lipinski definition) is 1. The van der Waals surface area contributed by atoms with Crippen LogP contribution in [0.25, 0.3) is 0 Å². The highest BCUT2D eigenvalue weighted by molar-refractivity contribution is 5.27. The lowest BCUT2D eigenvalue weighted by atomic mass is 10.1. The molecule has 3 rings (SSSR count). The van der Waals surface area contributed by atoms with Crippen molar-refractivity contribution in [1.29, 1.82) is 0 Å². The van der Waals surface area contributed by atoms with Gasteiger partial charge >= 0.3 is 0 Å². The maximum atomic E-state index is 5.21. The van der Waals surface area contributed by atoms with E-state index in [9.17, 15) is 0 Å². The molecule has 1 heterocycles. The van der Waals surface area contributed by atoms with Crippen molar-refractivity contribution in [3.8, 4) is 5.75 Å². The van der Waals surface area contributed by atoms with Crippen LogP contribution in [0.1, 0.15) is 31.2 Å². The van der Waals surface area contributed by atoms with E-state index in [-0.39, 0.29) is 0 Å². The van der Waals surface area contributed by atoms with Gasteiger partial charge in [-0.2, -0.15) is 0 Å². The molecule has 1 aromatic rings. The fourth-order valence-corrected chi connectivity index (χ4v) is 3.12. The fraction of sp³-hybridized carbons (Fsp3) is 0.647. The predicted molar refractivity (Wildman–Crippen MR) is 82.3 cm³/mol. The van der Waals surface area contributed by atoms with E-state index in [1.807, 2.05) is 0 Å². The van der Waals surface area contributed by atoms with Crippen molar-refractivity contribution in [2.75, 3.05) is 26.7 Å². The van der Waals surface area contributed by atoms with Gasteiger partial charge in [-0.05, 0) is 56.3 Å². The van der Waals surface area contributed by atoms with Crippen LogP contribution in [0.5, 0.6) is 5.75 Å². The molecule has 0 radical (unpaired) electrons. The van der Waals surface area contributed by atoms with Gasteiger partial charge in [0.05, 0.1) is 7.11 Å². The molecule has 1 saturated carbocycles. The van der Waals surface area contributed by atoms with Crippen LogP contribution in [0.3, 0.4) is 0 Å². The summed E-state index contributed by atoms with van der Waals surface area (Å²) in [5.41, 5.74) is 1.41. The molecule has 1 N–H and O–H groups in total. The monoisotopic (exact) mass is 274 g/mol. The third-order valence-corrected chi connectivity index (χ3v) is 4.53. The molecule has 2 fully saturated rings. The van der Waals surface area contributed by atoms with Crippen molar-refractivity contribution in [2.45, 2.75) is 44.2 Å². The molecule has 0 aromatic heterocycles. The summed E-state index contributed by atoms with van der Waals surface area (Å²) in [7, 11) is 1.72. The fourth-order valence-electron chi connectivity index (χ4n) is 3.12. The van der Waals surface area contributed by atoms with Crippen molar-refractivity contribution in [3.05, 3.63) is 29.8 Å². The third kappa shape index (κ3) is 3.74. The van der Waals surface area contributed by atoms with Gasteiger partial charge in [0.25, 0.3) is 0 Å². The highest BCUT2D eigenvalue weighted by Gasteiger charge is 2.30. The van der Waals surface area contributed by atoms with Gasteiger partial charge in [0.2, 0.25) is 0 Å². The second-order valence-electron chi connectivity index (χ2n) is 6.12. The van der Waals surface area contributed by atoms with Crippen LogP contribution in [0.2, 0.25) is 0 Å². The Balaban J connectivity index is 1.50. The summed E-state index contributed by atoms with van der Waals surface area (Å²) in [5.74, 6) is 0.947. The van der Waals surface area contributed by atoms with Gasteiger partial charge in [-0.25, -0.2) is 0 Å². The number of nitrogens with one attached hydrogen (secondary N) is 1. The molecule has 1 aromatic carbocycles. The van der Waals surface area contributed by atoms with Gasteiger partial charge in [-0.1, -0.05) is 12.1 Å². The summed E-state index contributed by atoms with van der Waals surface area (Å²) in [5, 5.41) is 3.62. The molecule has 3 heteroatoms. The minimum atomic E-state index is 0.728. The molecule has 20 heavy (non-hydrogen) atoms. The summed E-state index contributed by atoms with van der Waals surface area (Å²) < 4.78 is 5.21. The van der Waals surface area contributed by atoms with Crippen molar-refractivity contribution in [1.82, 2.24) is 10.2 Å². The highest BCUT2D eigenvalue weighted by atomic mass is 16.5. The molecular weight excluding hydrogens is 248 g/mol. The normalized spacial score (nSPS) is 22.4. The Bertz CT molecular complexity index is 408. The van der Waals surface area contributed by atoms with E-state index in [1.165, 1.54) is 50.9 Å². The van der Waals surface area contributed by atoms with Crippen molar-refractivity contribution < 1.29 is 4.74 Å². The molecular formula is C17H26N2O. The van der Waals surface area contributed by atoms with E-state index >= 15 is 0 Å². The van der Waals surface area contributed by atoms with Crippen LogP contribution in [0.4, 0.5) is 0 Å². The zero-order chi connectivity index (χ0) is 13.8. The van der Waals surface area contributed by atoms with Crippen LogP contribution < -0.4 is 10.1 Å². The van der Waals surface area contributed by atoms with Gasteiger partial charge in [-0.3, -0.25) is 4.90 Å². The van der Waals surface area contributed by atoms with Gasteiger partial charge in [-0.15, -0.1) is 0 Å². The van der Waals surface area contributed by atoms with Crippen LogP contribution in [0, 0.1) is 0 Å². The molecule has 0 bridgehead atoms. The summed E-state index contributed by atoms with van der Waals surface area (Å²) in [6.45, 7) is 3.64. The zero-order valence-corrected chi connectivity index (χ0v) is 12.5. The number of hydrogen-bond acceptors (Lipinski definition) is 3. The number of methoxy groups -OCH3 is 1.